The van der Waals surface area contributed by atoms with Gasteiger partial charge in [0.15, 0.2) is 5.96 Å². The van der Waals surface area contributed by atoms with Gasteiger partial charge in [-0.3, -0.25) is 15.0 Å². The quantitative estimate of drug-likeness (QED) is 0.719. The molecule has 0 saturated carbocycles. The molecule has 1 aromatic rings. The van der Waals surface area contributed by atoms with Gasteiger partial charge < -0.3 is 10.6 Å². The maximum absolute atomic E-state index is 6.44. The minimum atomic E-state index is -0.141. The highest BCUT2D eigenvalue weighted by Gasteiger charge is 2.30. The highest BCUT2D eigenvalue weighted by molar-refractivity contribution is 6.21. The first-order valence-electron chi connectivity index (χ1n) is 5.83. The van der Waals surface area contributed by atoms with E-state index < -0.39 is 0 Å². The third kappa shape index (κ3) is 2.07. The van der Waals surface area contributed by atoms with E-state index in [1.165, 1.54) is 0 Å². The summed E-state index contributed by atoms with van der Waals surface area (Å²) in [5.41, 5.74) is 1.92. The zero-order valence-electron chi connectivity index (χ0n) is 9.36. The number of aliphatic imine (C=N–C) groups is 1. The summed E-state index contributed by atoms with van der Waals surface area (Å²) in [6.45, 7) is 1.73. The van der Waals surface area contributed by atoms with Crippen LogP contribution in [0.15, 0.2) is 17.4 Å². The van der Waals surface area contributed by atoms with Gasteiger partial charge >= 0.3 is 0 Å². The predicted molar refractivity (Wildman–Crippen MR) is 66.2 cm³/mol. The monoisotopic (exact) mass is 251 g/mol. The Bertz CT molecular complexity index is 447. The number of fused-ring (bicyclic) bond motifs is 1. The van der Waals surface area contributed by atoms with Gasteiger partial charge in [-0.25, -0.2) is 0 Å². The van der Waals surface area contributed by atoms with E-state index in [1.54, 1.807) is 12.4 Å². The molecule has 2 atom stereocenters. The van der Waals surface area contributed by atoms with Crippen molar-refractivity contribution in [3.05, 3.63) is 23.8 Å². The Morgan fingerprint density at radius 2 is 2.24 bits per heavy atom. The molecule has 0 spiro atoms. The summed E-state index contributed by atoms with van der Waals surface area (Å²) in [4.78, 5) is 13.0. The van der Waals surface area contributed by atoms with Crippen LogP contribution in [-0.2, 0) is 6.42 Å². The molecule has 3 rings (SSSR count). The van der Waals surface area contributed by atoms with Crippen molar-refractivity contribution in [3.8, 4) is 0 Å². The Kier molecular flexibility index (Phi) is 2.84. The summed E-state index contributed by atoms with van der Waals surface area (Å²) >= 11 is 6.44. The molecule has 2 heterocycles. The highest BCUT2D eigenvalue weighted by Crippen LogP contribution is 2.32. The fourth-order valence-corrected chi connectivity index (χ4v) is 2.62. The summed E-state index contributed by atoms with van der Waals surface area (Å²) in [6, 6.07) is 0.171. The zero-order chi connectivity index (χ0) is 11.7. The first kappa shape index (κ1) is 10.8. The van der Waals surface area contributed by atoms with Gasteiger partial charge in [0.1, 0.15) is 0 Å². The largest absolute Gasteiger partial charge is 0.355 e. The topological polar surface area (TPSA) is 62.2 Å². The number of alkyl halides is 1. The summed E-state index contributed by atoms with van der Waals surface area (Å²) < 4.78 is 0. The van der Waals surface area contributed by atoms with Crippen molar-refractivity contribution in [1.82, 2.24) is 20.6 Å². The van der Waals surface area contributed by atoms with Crippen molar-refractivity contribution in [2.24, 2.45) is 4.99 Å². The van der Waals surface area contributed by atoms with Crippen LogP contribution in [0.3, 0.4) is 0 Å². The number of guanidine groups is 1. The molecule has 0 amide bonds. The molecular weight excluding hydrogens is 238 g/mol. The molecule has 1 aliphatic heterocycles. The maximum Gasteiger partial charge on any atom is 0.191 e. The minimum Gasteiger partial charge on any atom is -0.355 e. The number of nitrogens with one attached hydrogen (secondary N) is 2. The van der Waals surface area contributed by atoms with Crippen molar-refractivity contribution in [3.63, 3.8) is 0 Å². The van der Waals surface area contributed by atoms with Crippen LogP contribution in [0.25, 0.3) is 0 Å². The number of hydrogen-bond acceptors (Lipinski definition) is 5. The molecule has 1 aliphatic carbocycles. The number of rotatable bonds is 1. The van der Waals surface area contributed by atoms with Crippen molar-refractivity contribution >= 4 is 17.6 Å². The van der Waals surface area contributed by atoms with Gasteiger partial charge in [-0.05, 0) is 12.8 Å². The first-order valence-corrected chi connectivity index (χ1v) is 6.27. The maximum atomic E-state index is 6.44. The van der Waals surface area contributed by atoms with E-state index in [-0.39, 0.29) is 11.4 Å². The van der Waals surface area contributed by atoms with Crippen LogP contribution in [0.2, 0.25) is 0 Å². The second-order valence-electron chi connectivity index (χ2n) is 4.24. The summed E-state index contributed by atoms with van der Waals surface area (Å²) in [5.74, 6) is 0.855. The number of halogens is 1. The van der Waals surface area contributed by atoms with Crippen molar-refractivity contribution in [1.29, 1.82) is 0 Å². The van der Waals surface area contributed by atoms with E-state index in [0.717, 1.165) is 43.3 Å². The SMILES string of the molecule is ClC1c2nccnc2CCC1NC1=NCCN1. The molecule has 90 valence electrons. The second kappa shape index (κ2) is 4.49. The molecule has 6 heteroatoms. The Labute approximate surface area is 105 Å². The normalized spacial score (nSPS) is 27.0. The molecule has 17 heavy (non-hydrogen) atoms. The Morgan fingerprint density at radius 1 is 1.35 bits per heavy atom. The molecule has 2 unspecified atom stereocenters. The zero-order valence-corrected chi connectivity index (χ0v) is 10.1. The van der Waals surface area contributed by atoms with Crippen LogP contribution in [-0.4, -0.2) is 35.1 Å². The molecule has 0 fully saturated rings. The lowest BCUT2D eigenvalue weighted by molar-refractivity contribution is 0.494. The number of aromatic nitrogens is 2. The Morgan fingerprint density at radius 3 is 3.06 bits per heavy atom. The van der Waals surface area contributed by atoms with Crippen molar-refractivity contribution in [2.75, 3.05) is 13.1 Å². The minimum absolute atomic E-state index is 0.141. The lowest BCUT2D eigenvalue weighted by Gasteiger charge is -2.29. The van der Waals surface area contributed by atoms with Crippen LogP contribution in [0.1, 0.15) is 23.2 Å². The fourth-order valence-electron chi connectivity index (χ4n) is 2.25. The molecular formula is C11H14ClN5. The molecule has 0 aromatic carbocycles. The van der Waals surface area contributed by atoms with E-state index in [1.807, 2.05) is 0 Å². The number of aryl methyl sites for hydroxylation is 1. The van der Waals surface area contributed by atoms with E-state index >= 15 is 0 Å². The average Bonchev–Trinajstić information content (AvgIpc) is 2.86. The summed E-state index contributed by atoms with van der Waals surface area (Å²) in [6.07, 6.45) is 5.29. The third-order valence-electron chi connectivity index (χ3n) is 3.11. The smallest absolute Gasteiger partial charge is 0.191 e. The van der Waals surface area contributed by atoms with Crippen LogP contribution in [0, 0.1) is 0 Å². The fraction of sp³-hybridized carbons (Fsp3) is 0.545. The highest BCUT2D eigenvalue weighted by atomic mass is 35.5. The van der Waals surface area contributed by atoms with Crippen molar-refractivity contribution < 1.29 is 0 Å². The summed E-state index contributed by atoms with van der Waals surface area (Å²) in [5, 5.41) is 6.40. The lowest BCUT2D eigenvalue weighted by Crippen LogP contribution is -2.45. The van der Waals surface area contributed by atoms with Gasteiger partial charge in [-0.15, -0.1) is 11.6 Å². The molecule has 2 N–H and O–H groups in total. The number of nitrogens with zero attached hydrogens (tertiary/aromatic N) is 3. The molecule has 0 bridgehead atoms. The molecule has 0 radical (unpaired) electrons. The van der Waals surface area contributed by atoms with Gasteiger partial charge in [0.05, 0.1) is 29.4 Å². The van der Waals surface area contributed by atoms with Crippen LogP contribution < -0.4 is 10.6 Å². The molecule has 1 aromatic heterocycles. The predicted octanol–water partition coefficient (Wildman–Crippen LogP) is 0.620. The van der Waals surface area contributed by atoms with Gasteiger partial charge in [0, 0.05) is 18.9 Å². The lowest BCUT2D eigenvalue weighted by atomic mass is 9.95. The first-order chi connectivity index (χ1) is 8.34. The molecule has 0 saturated heterocycles. The van der Waals surface area contributed by atoms with Crippen LogP contribution in [0.5, 0.6) is 0 Å². The van der Waals surface area contributed by atoms with Gasteiger partial charge in [0.25, 0.3) is 0 Å². The molecule has 2 aliphatic rings. The van der Waals surface area contributed by atoms with Crippen LogP contribution >= 0.6 is 11.6 Å². The summed E-state index contributed by atoms with van der Waals surface area (Å²) in [7, 11) is 0. The standard InChI is InChI=1S/C11H14ClN5/c12-9-7(17-11-15-5-6-16-11)1-2-8-10(9)14-4-3-13-8/h3-4,7,9H,1-2,5-6H2,(H2,15,16,17). The number of hydrogen-bond donors (Lipinski definition) is 2. The van der Waals surface area contributed by atoms with Gasteiger partial charge in [-0.2, -0.15) is 0 Å². The van der Waals surface area contributed by atoms with E-state index in [4.69, 9.17) is 11.6 Å². The second-order valence-corrected chi connectivity index (χ2v) is 4.71. The molecule has 5 nitrogen and oxygen atoms in total. The van der Waals surface area contributed by atoms with E-state index in [2.05, 4.69) is 25.6 Å². The average molecular weight is 252 g/mol. The van der Waals surface area contributed by atoms with Crippen LogP contribution in [0.4, 0.5) is 0 Å². The Hall–Kier alpha value is -1.36. The Balaban J connectivity index is 1.77. The third-order valence-corrected chi connectivity index (χ3v) is 3.62. The van der Waals surface area contributed by atoms with Crippen molar-refractivity contribution in [2.45, 2.75) is 24.3 Å². The van der Waals surface area contributed by atoms with Gasteiger partial charge in [-0.1, -0.05) is 0 Å². The van der Waals surface area contributed by atoms with Gasteiger partial charge in [0.2, 0.25) is 0 Å². The van der Waals surface area contributed by atoms with E-state index in [9.17, 15) is 0 Å². The van der Waals surface area contributed by atoms with E-state index in [0.29, 0.717) is 0 Å².